The molecule has 40 heavy (non-hydrogen) atoms. The summed E-state index contributed by atoms with van der Waals surface area (Å²) in [4.78, 5) is 44.5. The Hall–Kier alpha value is -2.01. The Balaban J connectivity index is 1.79. The van der Waals surface area contributed by atoms with Gasteiger partial charge in [-0.05, 0) is 42.8 Å². The number of rotatable bonds is 14. The van der Waals surface area contributed by atoms with Gasteiger partial charge in [-0.15, -0.1) is 23.2 Å². The fourth-order valence-electron chi connectivity index (χ4n) is 5.51. The number of nitrogens with one attached hydrogen (secondary N) is 1. The van der Waals surface area contributed by atoms with Crippen LogP contribution >= 0.6 is 23.2 Å². The van der Waals surface area contributed by atoms with E-state index in [-0.39, 0.29) is 18.0 Å². The SMILES string of the molecule is COC1C(=O)C(C)=CC(=O)C1(NCCN1CCOCC1)C(C)(C)CC(=O)Oc1ccc(N(CCCl)CCCl)cc1. The van der Waals surface area contributed by atoms with Crippen molar-refractivity contribution in [3.8, 4) is 5.75 Å². The van der Waals surface area contributed by atoms with Crippen molar-refractivity contribution in [3.63, 3.8) is 0 Å². The standard InChI is InChI=1S/C29H41Cl2N3O6/c1-21-19-24(35)29(27(38-4)26(21)37,32-11-14-33-15-17-39-18-16-33)28(2,3)20-25(36)40-23-7-5-22(6-8-23)34(12-9-30)13-10-31/h5-8,19,27,32H,9-18,20H2,1-4H3. The summed E-state index contributed by atoms with van der Waals surface area (Å²) in [5, 5.41) is 3.38. The molecule has 1 aliphatic heterocycles. The molecule has 0 aromatic heterocycles. The van der Waals surface area contributed by atoms with Gasteiger partial charge in [0.1, 0.15) is 17.4 Å². The predicted octanol–water partition coefficient (Wildman–Crippen LogP) is 3.07. The molecule has 1 N–H and O–H groups in total. The van der Waals surface area contributed by atoms with Crippen molar-refractivity contribution >= 4 is 46.4 Å². The summed E-state index contributed by atoms with van der Waals surface area (Å²) in [5.74, 6) is 0.204. The smallest absolute Gasteiger partial charge is 0.311 e. The van der Waals surface area contributed by atoms with E-state index >= 15 is 0 Å². The van der Waals surface area contributed by atoms with Crippen molar-refractivity contribution in [3.05, 3.63) is 35.9 Å². The highest BCUT2D eigenvalue weighted by Crippen LogP contribution is 2.43. The molecule has 0 saturated carbocycles. The van der Waals surface area contributed by atoms with Gasteiger partial charge < -0.3 is 24.4 Å². The maximum absolute atomic E-state index is 13.7. The average Bonchev–Trinajstić information content (AvgIpc) is 2.92. The van der Waals surface area contributed by atoms with Gasteiger partial charge in [-0.1, -0.05) is 13.8 Å². The molecule has 2 aliphatic rings. The lowest BCUT2D eigenvalue weighted by atomic mass is 9.61. The number of halogens is 2. The lowest BCUT2D eigenvalue weighted by Crippen LogP contribution is -2.72. The number of anilines is 1. The predicted molar refractivity (Wildman–Crippen MR) is 157 cm³/mol. The van der Waals surface area contributed by atoms with Crippen molar-refractivity contribution in [2.24, 2.45) is 5.41 Å². The highest BCUT2D eigenvalue weighted by Gasteiger charge is 2.60. The van der Waals surface area contributed by atoms with Gasteiger partial charge in [0.2, 0.25) is 0 Å². The first-order chi connectivity index (χ1) is 19.1. The van der Waals surface area contributed by atoms with Gasteiger partial charge in [-0.25, -0.2) is 0 Å². The van der Waals surface area contributed by atoms with Crippen LogP contribution in [0.2, 0.25) is 0 Å². The summed E-state index contributed by atoms with van der Waals surface area (Å²) in [6, 6.07) is 7.12. The summed E-state index contributed by atoms with van der Waals surface area (Å²) >= 11 is 11.8. The number of ether oxygens (including phenoxy) is 3. The first-order valence-electron chi connectivity index (χ1n) is 13.6. The first kappa shape index (κ1) is 32.5. The van der Waals surface area contributed by atoms with Crippen LogP contribution in [-0.4, -0.2) is 105 Å². The number of carbonyl (C=O) groups is 3. The third-order valence-corrected chi connectivity index (χ3v) is 8.06. The minimum absolute atomic E-state index is 0.129. The second-order valence-corrected chi connectivity index (χ2v) is 11.5. The molecular weight excluding hydrogens is 557 g/mol. The largest absolute Gasteiger partial charge is 0.427 e. The normalized spacial score (nSPS) is 22.2. The van der Waals surface area contributed by atoms with Gasteiger partial charge in [0.15, 0.2) is 11.6 Å². The molecule has 11 heteroatoms. The van der Waals surface area contributed by atoms with Crippen LogP contribution in [0.1, 0.15) is 27.2 Å². The molecule has 2 atom stereocenters. The molecule has 1 aromatic carbocycles. The molecule has 0 radical (unpaired) electrons. The molecule has 3 rings (SSSR count). The molecule has 222 valence electrons. The number of nitrogens with zero attached hydrogens (tertiary/aromatic N) is 2. The second kappa shape index (κ2) is 14.8. The fourth-order valence-corrected chi connectivity index (χ4v) is 5.92. The zero-order valence-electron chi connectivity index (χ0n) is 23.8. The molecule has 1 heterocycles. The number of alkyl halides is 2. The topological polar surface area (TPSA) is 97.4 Å². The van der Waals surface area contributed by atoms with Gasteiger partial charge in [0, 0.05) is 69.2 Å². The zero-order valence-corrected chi connectivity index (χ0v) is 25.4. The average molecular weight is 599 g/mol. The summed E-state index contributed by atoms with van der Waals surface area (Å²) in [6.45, 7) is 10.4. The fraction of sp³-hybridized carbons (Fsp3) is 0.621. The molecule has 0 bridgehead atoms. The van der Waals surface area contributed by atoms with E-state index in [9.17, 15) is 14.4 Å². The number of benzene rings is 1. The van der Waals surface area contributed by atoms with Crippen LogP contribution in [0.4, 0.5) is 5.69 Å². The van der Waals surface area contributed by atoms with E-state index in [1.165, 1.54) is 13.2 Å². The number of methoxy groups -OCH3 is 1. The number of Topliss-reactive ketones (excluding diaryl/α,β-unsaturated/α-hetero) is 1. The van der Waals surface area contributed by atoms with Gasteiger partial charge in [-0.2, -0.15) is 0 Å². The summed E-state index contributed by atoms with van der Waals surface area (Å²) in [6.07, 6.45) is 0.140. The molecule has 1 aromatic rings. The van der Waals surface area contributed by atoms with E-state index in [1.54, 1.807) is 32.9 Å². The molecular formula is C29H41Cl2N3O6. The number of esters is 1. The van der Waals surface area contributed by atoms with Crippen molar-refractivity contribution in [1.82, 2.24) is 10.2 Å². The van der Waals surface area contributed by atoms with E-state index < -0.39 is 23.0 Å². The van der Waals surface area contributed by atoms with Gasteiger partial charge in [-0.3, -0.25) is 19.3 Å². The number of morpholine rings is 1. The summed E-state index contributed by atoms with van der Waals surface area (Å²) in [5.41, 5.74) is -1.26. The Bertz CT molecular complexity index is 1050. The highest BCUT2D eigenvalue weighted by atomic mass is 35.5. The quantitative estimate of drug-likeness (QED) is 0.197. The Kier molecular flexibility index (Phi) is 12.0. The van der Waals surface area contributed by atoms with E-state index in [1.807, 2.05) is 17.0 Å². The number of ketones is 2. The van der Waals surface area contributed by atoms with Gasteiger partial charge >= 0.3 is 5.97 Å². The molecule has 9 nitrogen and oxygen atoms in total. The lowest BCUT2D eigenvalue weighted by Gasteiger charge is -2.50. The van der Waals surface area contributed by atoms with Crippen molar-refractivity contribution < 1.29 is 28.6 Å². The maximum Gasteiger partial charge on any atom is 0.311 e. The van der Waals surface area contributed by atoms with E-state index in [2.05, 4.69) is 10.2 Å². The third kappa shape index (κ3) is 7.43. The van der Waals surface area contributed by atoms with E-state index in [4.69, 9.17) is 37.4 Å². The van der Waals surface area contributed by atoms with Gasteiger partial charge in [0.05, 0.1) is 19.6 Å². The molecule has 2 unspecified atom stereocenters. The van der Waals surface area contributed by atoms with Crippen molar-refractivity contribution in [2.45, 2.75) is 38.8 Å². The van der Waals surface area contributed by atoms with Crippen molar-refractivity contribution in [1.29, 1.82) is 0 Å². The van der Waals surface area contributed by atoms with Crippen LogP contribution in [0, 0.1) is 5.41 Å². The molecule has 0 spiro atoms. The van der Waals surface area contributed by atoms with Crippen LogP contribution in [-0.2, 0) is 23.9 Å². The molecule has 0 amide bonds. The molecule has 1 aliphatic carbocycles. The molecule has 1 fully saturated rings. The summed E-state index contributed by atoms with van der Waals surface area (Å²) in [7, 11) is 1.42. The maximum atomic E-state index is 13.7. The van der Waals surface area contributed by atoms with Crippen LogP contribution in [0.3, 0.4) is 0 Å². The number of hydrogen-bond acceptors (Lipinski definition) is 9. The lowest BCUT2D eigenvalue weighted by molar-refractivity contribution is -0.154. The Labute approximate surface area is 247 Å². The van der Waals surface area contributed by atoms with E-state index in [0.29, 0.717) is 62.5 Å². The summed E-state index contributed by atoms with van der Waals surface area (Å²) < 4.78 is 16.8. The van der Waals surface area contributed by atoms with E-state index in [0.717, 1.165) is 18.8 Å². The Morgan fingerprint density at radius 3 is 2.35 bits per heavy atom. The Morgan fingerprint density at radius 1 is 1.15 bits per heavy atom. The second-order valence-electron chi connectivity index (χ2n) is 10.8. The number of carbonyl (C=O) groups excluding carboxylic acids is 3. The highest BCUT2D eigenvalue weighted by molar-refractivity contribution is 6.18. The third-order valence-electron chi connectivity index (χ3n) is 7.72. The molecule has 1 saturated heterocycles. The monoisotopic (exact) mass is 597 g/mol. The minimum Gasteiger partial charge on any atom is -0.427 e. The van der Waals surface area contributed by atoms with Crippen molar-refractivity contribution in [2.75, 3.05) is 76.3 Å². The first-order valence-corrected chi connectivity index (χ1v) is 14.7. The van der Waals surface area contributed by atoms with Crippen LogP contribution in [0.5, 0.6) is 5.75 Å². The zero-order chi connectivity index (χ0) is 29.3. The Morgan fingerprint density at radius 2 is 1.77 bits per heavy atom. The van der Waals surface area contributed by atoms with Crippen LogP contribution in [0.25, 0.3) is 0 Å². The number of hydrogen-bond donors (Lipinski definition) is 1. The van der Waals surface area contributed by atoms with Gasteiger partial charge in [0.25, 0.3) is 0 Å². The van der Waals surface area contributed by atoms with Crippen LogP contribution in [0.15, 0.2) is 35.9 Å². The van der Waals surface area contributed by atoms with Crippen LogP contribution < -0.4 is 15.0 Å². The minimum atomic E-state index is -1.46.